The summed E-state index contributed by atoms with van der Waals surface area (Å²) >= 11 is 0. The molecule has 2 aromatic heterocycles. The summed E-state index contributed by atoms with van der Waals surface area (Å²) < 4.78 is 19.8. The quantitative estimate of drug-likeness (QED) is 0.797. The smallest absolute Gasteiger partial charge is 0.335 e. The highest BCUT2D eigenvalue weighted by atomic mass is 16.8. The fourth-order valence-electron chi connectivity index (χ4n) is 4.22. The number of ether oxygens (including phenoxy) is 3. The van der Waals surface area contributed by atoms with Crippen molar-refractivity contribution in [3.05, 3.63) is 12.7 Å². The zero-order chi connectivity index (χ0) is 17.9. The lowest BCUT2D eigenvalue weighted by Crippen LogP contribution is -2.38. The van der Waals surface area contributed by atoms with E-state index in [9.17, 15) is 9.90 Å². The Morgan fingerprint density at radius 2 is 1.96 bits per heavy atom. The number of nitrogens with two attached hydrogens (primary N) is 1. The zero-order valence-electron chi connectivity index (χ0n) is 13.9. The standard InChI is InChI=1S/C16H19N5O5/c17-12-8-13(19-6-18-12)21(7-20-8)14-10-9(11(24-14)15(22)23)25-16(26-10)4-2-1-3-5-16/h6-7,9-11,14H,1-5H2,(H,22,23)(H2,17,18,19)/t9?,10?,11-,14+/m0/s1. The van der Waals surface area contributed by atoms with Gasteiger partial charge in [0.15, 0.2) is 29.6 Å². The van der Waals surface area contributed by atoms with Gasteiger partial charge in [-0.3, -0.25) is 4.57 Å². The summed E-state index contributed by atoms with van der Waals surface area (Å²) in [5.74, 6) is -1.53. The molecule has 5 rings (SSSR count). The van der Waals surface area contributed by atoms with Crippen LogP contribution in [0, 0.1) is 0 Å². The molecule has 0 radical (unpaired) electrons. The van der Waals surface area contributed by atoms with Gasteiger partial charge >= 0.3 is 5.97 Å². The normalized spacial score (nSPS) is 32.9. The first kappa shape index (κ1) is 15.9. The second kappa shape index (κ2) is 5.60. The molecule has 10 nitrogen and oxygen atoms in total. The van der Waals surface area contributed by atoms with Crippen molar-refractivity contribution in [1.29, 1.82) is 0 Å². The van der Waals surface area contributed by atoms with Crippen LogP contribution in [0.2, 0.25) is 0 Å². The molecule has 1 saturated carbocycles. The van der Waals surface area contributed by atoms with Crippen LogP contribution in [-0.4, -0.2) is 54.7 Å². The van der Waals surface area contributed by atoms with Crippen molar-refractivity contribution in [1.82, 2.24) is 19.5 Å². The van der Waals surface area contributed by atoms with Crippen LogP contribution in [0.1, 0.15) is 38.3 Å². The van der Waals surface area contributed by atoms with E-state index in [0.29, 0.717) is 11.2 Å². The molecule has 0 bridgehead atoms. The highest BCUT2D eigenvalue weighted by Gasteiger charge is 2.61. The van der Waals surface area contributed by atoms with E-state index < -0.39 is 36.3 Å². The number of aliphatic carboxylic acids is 1. The Morgan fingerprint density at radius 3 is 2.73 bits per heavy atom. The van der Waals surface area contributed by atoms with E-state index in [0.717, 1.165) is 32.1 Å². The molecule has 3 aliphatic rings. The summed E-state index contributed by atoms with van der Waals surface area (Å²) in [6.07, 6.45) is 4.48. The van der Waals surface area contributed by atoms with E-state index in [1.165, 1.54) is 12.7 Å². The molecule has 2 unspecified atom stereocenters. The molecule has 2 aromatic rings. The lowest BCUT2D eigenvalue weighted by molar-refractivity contribution is -0.231. The summed E-state index contributed by atoms with van der Waals surface area (Å²) in [5.41, 5.74) is 6.76. The van der Waals surface area contributed by atoms with E-state index >= 15 is 0 Å². The first-order valence-corrected chi connectivity index (χ1v) is 8.75. The maximum atomic E-state index is 11.7. The zero-order valence-corrected chi connectivity index (χ0v) is 13.9. The van der Waals surface area contributed by atoms with Crippen LogP contribution in [0.4, 0.5) is 5.82 Å². The molecule has 4 heterocycles. The van der Waals surface area contributed by atoms with Gasteiger partial charge in [0.05, 0.1) is 6.33 Å². The van der Waals surface area contributed by atoms with Crippen molar-refractivity contribution >= 4 is 23.0 Å². The lowest BCUT2D eigenvalue weighted by Gasteiger charge is -2.33. The molecule has 26 heavy (non-hydrogen) atoms. The second-order valence-corrected chi connectivity index (χ2v) is 7.00. The van der Waals surface area contributed by atoms with Gasteiger partial charge in [-0.05, 0) is 12.8 Å². The van der Waals surface area contributed by atoms with E-state index in [1.54, 1.807) is 4.57 Å². The second-order valence-electron chi connectivity index (χ2n) is 7.00. The number of imidazole rings is 1. The van der Waals surface area contributed by atoms with E-state index in [2.05, 4.69) is 15.0 Å². The van der Waals surface area contributed by atoms with Crippen LogP contribution in [0.25, 0.3) is 11.2 Å². The molecule has 2 saturated heterocycles. The summed E-state index contributed by atoms with van der Waals surface area (Å²) in [5, 5.41) is 9.59. The maximum absolute atomic E-state index is 11.7. The van der Waals surface area contributed by atoms with Gasteiger partial charge in [0.1, 0.15) is 24.1 Å². The van der Waals surface area contributed by atoms with Crippen LogP contribution in [0.15, 0.2) is 12.7 Å². The fourth-order valence-corrected chi connectivity index (χ4v) is 4.22. The Hall–Kier alpha value is -2.30. The van der Waals surface area contributed by atoms with Crippen LogP contribution in [0.5, 0.6) is 0 Å². The highest BCUT2D eigenvalue weighted by Crippen LogP contribution is 2.48. The Labute approximate surface area is 148 Å². The molecular weight excluding hydrogens is 342 g/mol. The molecule has 3 N–H and O–H groups in total. The number of fused-ring (bicyclic) bond motifs is 2. The van der Waals surface area contributed by atoms with E-state index in [1.807, 2.05) is 0 Å². The van der Waals surface area contributed by atoms with Gasteiger partial charge in [0.2, 0.25) is 0 Å². The minimum Gasteiger partial charge on any atom is -0.479 e. The Morgan fingerprint density at radius 1 is 1.19 bits per heavy atom. The summed E-state index contributed by atoms with van der Waals surface area (Å²) in [4.78, 5) is 24.1. The van der Waals surface area contributed by atoms with Gasteiger partial charge in [0.25, 0.3) is 0 Å². The first-order chi connectivity index (χ1) is 12.6. The van der Waals surface area contributed by atoms with Gasteiger partial charge in [-0.15, -0.1) is 0 Å². The minimum absolute atomic E-state index is 0.255. The average Bonchev–Trinajstić information content (AvgIpc) is 3.28. The third kappa shape index (κ3) is 2.22. The summed E-state index contributed by atoms with van der Waals surface area (Å²) in [7, 11) is 0. The lowest BCUT2D eigenvalue weighted by atomic mass is 9.94. The Balaban J connectivity index is 1.54. The van der Waals surface area contributed by atoms with Crippen molar-refractivity contribution in [2.45, 2.75) is 62.4 Å². The number of carbonyl (C=O) groups is 1. The number of anilines is 1. The molecule has 0 aromatic carbocycles. The average molecular weight is 361 g/mol. The van der Waals surface area contributed by atoms with E-state index in [-0.39, 0.29) is 5.82 Å². The Bertz CT molecular complexity index is 864. The van der Waals surface area contributed by atoms with Crippen LogP contribution in [0.3, 0.4) is 0 Å². The molecule has 1 aliphatic carbocycles. The van der Waals surface area contributed by atoms with Gasteiger partial charge in [0, 0.05) is 12.8 Å². The van der Waals surface area contributed by atoms with Gasteiger partial charge in [-0.2, -0.15) is 0 Å². The molecule has 138 valence electrons. The number of aromatic nitrogens is 4. The van der Waals surface area contributed by atoms with Crippen LogP contribution in [-0.2, 0) is 19.0 Å². The van der Waals surface area contributed by atoms with Crippen LogP contribution >= 0.6 is 0 Å². The number of rotatable bonds is 2. The SMILES string of the molecule is Nc1ncnc2c1ncn2[C@@H]1O[C@H](C(=O)O)C2OC3(CCCCC3)OC21. The van der Waals surface area contributed by atoms with Crippen LogP contribution < -0.4 is 5.73 Å². The number of carboxylic acids is 1. The van der Waals surface area contributed by atoms with Crippen molar-refractivity contribution in [3.63, 3.8) is 0 Å². The predicted octanol–water partition coefficient (Wildman–Crippen LogP) is 0.835. The number of nitrogens with zero attached hydrogens (tertiary/aromatic N) is 4. The van der Waals surface area contributed by atoms with Crippen molar-refractivity contribution in [2.24, 2.45) is 0 Å². The fraction of sp³-hybridized carbons (Fsp3) is 0.625. The number of hydrogen-bond donors (Lipinski definition) is 2. The summed E-state index contributed by atoms with van der Waals surface area (Å²) in [6, 6.07) is 0. The third-order valence-electron chi connectivity index (χ3n) is 5.41. The topological polar surface area (TPSA) is 135 Å². The maximum Gasteiger partial charge on any atom is 0.335 e. The molecule has 4 atom stereocenters. The molecule has 1 spiro atoms. The van der Waals surface area contributed by atoms with Crippen molar-refractivity contribution in [3.8, 4) is 0 Å². The van der Waals surface area contributed by atoms with Crippen molar-refractivity contribution < 1.29 is 24.1 Å². The molecule has 0 amide bonds. The number of hydrogen-bond acceptors (Lipinski definition) is 8. The molecule has 10 heteroatoms. The van der Waals surface area contributed by atoms with Crippen molar-refractivity contribution in [2.75, 3.05) is 5.73 Å². The minimum atomic E-state index is -1.11. The van der Waals surface area contributed by atoms with Gasteiger partial charge in [-0.25, -0.2) is 19.7 Å². The van der Waals surface area contributed by atoms with E-state index in [4.69, 9.17) is 19.9 Å². The molecular formula is C16H19N5O5. The molecule has 3 fully saturated rings. The highest BCUT2D eigenvalue weighted by molar-refractivity contribution is 5.81. The first-order valence-electron chi connectivity index (χ1n) is 8.75. The number of carboxylic acid groups (broad SMARTS) is 1. The number of nitrogen functional groups attached to an aromatic ring is 1. The van der Waals surface area contributed by atoms with Gasteiger partial charge in [-0.1, -0.05) is 6.42 Å². The predicted molar refractivity (Wildman–Crippen MR) is 86.8 cm³/mol. The van der Waals surface area contributed by atoms with Gasteiger partial charge < -0.3 is 25.1 Å². The molecule has 2 aliphatic heterocycles. The Kier molecular flexibility index (Phi) is 3.43. The summed E-state index contributed by atoms with van der Waals surface area (Å²) in [6.45, 7) is 0. The monoisotopic (exact) mass is 361 g/mol. The third-order valence-corrected chi connectivity index (χ3v) is 5.41. The largest absolute Gasteiger partial charge is 0.479 e.